The van der Waals surface area contributed by atoms with E-state index in [0.29, 0.717) is 15.7 Å². The lowest BCUT2D eigenvalue weighted by molar-refractivity contribution is 0.863. The fourth-order valence-corrected chi connectivity index (χ4v) is 3.56. The molecular formula is C24H18Cl2N4. The Morgan fingerprint density at radius 1 is 0.867 bits per heavy atom. The topological polar surface area (TPSA) is 42.5 Å². The van der Waals surface area contributed by atoms with Gasteiger partial charge in [0.05, 0.1) is 23.2 Å². The highest BCUT2D eigenvalue weighted by atomic mass is 35.5. The Hall–Kier alpha value is -3.21. The molecule has 6 heteroatoms. The van der Waals surface area contributed by atoms with Crippen molar-refractivity contribution in [3.8, 4) is 5.69 Å². The molecule has 0 fully saturated rings. The van der Waals surface area contributed by atoms with E-state index in [2.05, 4.69) is 15.3 Å². The van der Waals surface area contributed by atoms with Crippen LogP contribution in [0.4, 0.5) is 0 Å². The third kappa shape index (κ3) is 4.35. The normalized spacial score (nSPS) is 11.0. The Morgan fingerprint density at radius 3 is 2.10 bits per heavy atom. The molecule has 0 aliphatic carbocycles. The van der Waals surface area contributed by atoms with Gasteiger partial charge in [-0.3, -0.25) is 0 Å². The van der Waals surface area contributed by atoms with Crippen LogP contribution in [0.5, 0.6) is 0 Å². The maximum Gasteiger partial charge on any atom is 0.142 e. The van der Waals surface area contributed by atoms with Crippen molar-refractivity contribution < 1.29 is 0 Å². The lowest BCUT2D eigenvalue weighted by atomic mass is 10.0. The van der Waals surface area contributed by atoms with Gasteiger partial charge in [0.25, 0.3) is 0 Å². The fraction of sp³-hybridized carbons (Fsp3) is 0.0417. The Kier molecular flexibility index (Phi) is 6.07. The molecule has 4 nitrogen and oxygen atoms in total. The highest BCUT2D eigenvalue weighted by Gasteiger charge is 2.13. The molecule has 1 heterocycles. The number of nitrogens with zero attached hydrogens (tertiary/aromatic N) is 4. The maximum absolute atomic E-state index is 6.58. The highest BCUT2D eigenvalue weighted by Crippen LogP contribution is 2.24. The molecule has 0 saturated heterocycles. The van der Waals surface area contributed by atoms with Crippen LogP contribution in [-0.4, -0.2) is 21.7 Å². The van der Waals surface area contributed by atoms with Gasteiger partial charge in [0.2, 0.25) is 0 Å². The summed E-state index contributed by atoms with van der Waals surface area (Å²) in [6.45, 7) is 1.88. The molecule has 0 bridgehead atoms. The molecule has 4 aromatic rings. The van der Waals surface area contributed by atoms with Crippen LogP contribution in [0.1, 0.15) is 22.4 Å². The van der Waals surface area contributed by atoms with E-state index in [1.54, 1.807) is 17.0 Å². The molecule has 3 aromatic carbocycles. The summed E-state index contributed by atoms with van der Waals surface area (Å²) in [5, 5.41) is 14.4. The van der Waals surface area contributed by atoms with Gasteiger partial charge >= 0.3 is 0 Å². The number of hydrogen-bond acceptors (Lipinski definition) is 3. The Morgan fingerprint density at radius 2 is 1.50 bits per heavy atom. The number of aryl methyl sites for hydroxylation is 1. The van der Waals surface area contributed by atoms with Gasteiger partial charge in [0.15, 0.2) is 0 Å². The van der Waals surface area contributed by atoms with Crippen molar-refractivity contribution in [3.63, 3.8) is 0 Å². The SMILES string of the molecule is Cc1nn(-c2cccc(Cl)c2)c(Cl)c1C=NN=C(c1ccccc1)c1ccccc1. The molecule has 0 radical (unpaired) electrons. The zero-order chi connectivity index (χ0) is 20.9. The minimum atomic E-state index is 0.453. The molecule has 1 aromatic heterocycles. The number of hydrogen-bond donors (Lipinski definition) is 0. The van der Waals surface area contributed by atoms with Gasteiger partial charge in [-0.25, -0.2) is 4.68 Å². The Labute approximate surface area is 185 Å². The standard InChI is InChI=1S/C24H18Cl2N4/c1-17-22(24(26)30(29-17)21-14-8-13-20(25)15-21)16-27-28-23(18-9-4-2-5-10-18)19-11-6-3-7-12-19/h2-16H,1H3. The van der Waals surface area contributed by atoms with Crippen molar-refractivity contribution in [1.29, 1.82) is 0 Å². The summed E-state index contributed by atoms with van der Waals surface area (Å²) < 4.78 is 1.64. The smallest absolute Gasteiger partial charge is 0.142 e. The van der Waals surface area contributed by atoms with E-state index in [-0.39, 0.29) is 0 Å². The van der Waals surface area contributed by atoms with Gasteiger partial charge in [0.1, 0.15) is 10.9 Å². The molecule has 0 N–H and O–H groups in total. The molecule has 4 rings (SSSR count). The zero-order valence-corrected chi connectivity index (χ0v) is 17.7. The quantitative estimate of drug-likeness (QED) is 0.267. The van der Waals surface area contributed by atoms with E-state index in [4.69, 9.17) is 23.2 Å². The van der Waals surface area contributed by atoms with E-state index in [1.807, 2.05) is 85.8 Å². The van der Waals surface area contributed by atoms with Gasteiger partial charge in [-0.05, 0) is 25.1 Å². The third-order valence-electron chi connectivity index (χ3n) is 4.54. The van der Waals surface area contributed by atoms with Gasteiger partial charge < -0.3 is 0 Å². The van der Waals surface area contributed by atoms with Crippen LogP contribution in [0.2, 0.25) is 10.2 Å². The monoisotopic (exact) mass is 432 g/mol. The van der Waals surface area contributed by atoms with Crippen molar-refractivity contribution in [2.75, 3.05) is 0 Å². The lowest BCUT2D eigenvalue weighted by Gasteiger charge is -2.05. The first-order chi connectivity index (χ1) is 14.6. The van der Waals surface area contributed by atoms with Crippen LogP contribution in [0.15, 0.2) is 95.1 Å². The van der Waals surface area contributed by atoms with Crippen LogP contribution >= 0.6 is 23.2 Å². The van der Waals surface area contributed by atoms with Crippen molar-refractivity contribution >= 4 is 35.1 Å². The summed E-state index contributed by atoms with van der Waals surface area (Å²) in [6.07, 6.45) is 1.64. The van der Waals surface area contributed by atoms with Gasteiger partial charge in [-0.15, -0.1) is 5.10 Å². The fourth-order valence-electron chi connectivity index (χ4n) is 3.06. The second kappa shape index (κ2) is 9.08. The Bertz CT molecular complexity index is 1170. The van der Waals surface area contributed by atoms with Crippen molar-refractivity contribution in [2.45, 2.75) is 6.92 Å². The first-order valence-electron chi connectivity index (χ1n) is 9.36. The summed E-state index contributed by atoms with van der Waals surface area (Å²) in [7, 11) is 0. The molecule has 30 heavy (non-hydrogen) atoms. The summed E-state index contributed by atoms with van der Waals surface area (Å²) >= 11 is 12.7. The second-order valence-corrected chi connectivity index (χ2v) is 7.40. The first kappa shape index (κ1) is 20.1. The maximum atomic E-state index is 6.58. The number of rotatable bonds is 5. The van der Waals surface area contributed by atoms with Gasteiger partial charge in [-0.2, -0.15) is 10.2 Å². The largest absolute Gasteiger partial charge is 0.221 e. The van der Waals surface area contributed by atoms with Crippen LogP contribution in [-0.2, 0) is 0 Å². The average molecular weight is 433 g/mol. The van der Waals surface area contributed by atoms with Crippen molar-refractivity contribution in [3.05, 3.63) is 117 Å². The van der Waals surface area contributed by atoms with E-state index in [1.165, 1.54) is 0 Å². The van der Waals surface area contributed by atoms with Gasteiger partial charge in [-0.1, -0.05) is 89.9 Å². The molecule has 148 valence electrons. The van der Waals surface area contributed by atoms with Crippen LogP contribution < -0.4 is 0 Å². The minimum absolute atomic E-state index is 0.453. The lowest BCUT2D eigenvalue weighted by Crippen LogP contribution is -2.02. The number of aromatic nitrogens is 2. The summed E-state index contributed by atoms with van der Waals surface area (Å²) in [6, 6.07) is 27.3. The Balaban J connectivity index is 1.71. The van der Waals surface area contributed by atoms with Crippen molar-refractivity contribution in [2.24, 2.45) is 10.2 Å². The minimum Gasteiger partial charge on any atom is -0.221 e. The van der Waals surface area contributed by atoms with E-state index >= 15 is 0 Å². The molecular weight excluding hydrogens is 415 g/mol. The van der Waals surface area contributed by atoms with Crippen molar-refractivity contribution in [1.82, 2.24) is 9.78 Å². The molecule has 0 unspecified atom stereocenters. The molecule has 0 aliphatic rings. The third-order valence-corrected chi connectivity index (χ3v) is 5.14. The zero-order valence-electron chi connectivity index (χ0n) is 16.2. The highest BCUT2D eigenvalue weighted by molar-refractivity contribution is 6.32. The first-order valence-corrected chi connectivity index (χ1v) is 10.1. The van der Waals surface area contributed by atoms with Crippen LogP contribution in [0, 0.1) is 6.92 Å². The second-order valence-electron chi connectivity index (χ2n) is 6.61. The van der Waals surface area contributed by atoms with Crippen LogP contribution in [0.25, 0.3) is 5.69 Å². The van der Waals surface area contributed by atoms with E-state index < -0.39 is 0 Å². The predicted molar refractivity (Wildman–Crippen MR) is 124 cm³/mol. The van der Waals surface area contributed by atoms with Gasteiger partial charge in [0, 0.05) is 16.1 Å². The predicted octanol–water partition coefficient (Wildman–Crippen LogP) is 6.36. The number of benzene rings is 3. The molecule has 0 saturated carbocycles. The van der Waals surface area contributed by atoms with E-state index in [0.717, 1.165) is 28.2 Å². The average Bonchev–Trinajstić information content (AvgIpc) is 3.06. The molecule has 0 atom stereocenters. The van der Waals surface area contributed by atoms with E-state index in [9.17, 15) is 0 Å². The summed E-state index contributed by atoms with van der Waals surface area (Å²) in [5.41, 5.74) is 4.99. The summed E-state index contributed by atoms with van der Waals surface area (Å²) in [4.78, 5) is 0. The number of halogens is 2. The summed E-state index contributed by atoms with van der Waals surface area (Å²) in [5.74, 6) is 0. The molecule has 0 amide bonds. The molecule has 0 spiro atoms. The van der Waals surface area contributed by atoms with Crippen LogP contribution in [0.3, 0.4) is 0 Å². The molecule has 0 aliphatic heterocycles.